The van der Waals surface area contributed by atoms with Crippen molar-refractivity contribution in [3.8, 4) is 11.5 Å². The van der Waals surface area contributed by atoms with Crippen LogP contribution in [0.4, 0.5) is 0 Å². The first-order chi connectivity index (χ1) is 9.26. The highest BCUT2D eigenvalue weighted by molar-refractivity contribution is 5.99. The van der Waals surface area contributed by atoms with E-state index in [0.29, 0.717) is 23.5 Å². The number of ether oxygens (including phenoxy) is 3. The van der Waals surface area contributed by atoms with E-state index in [1.54, 1.807) is 32.4 Å². The van der Waals surface area contributed by atoms with Gasteiger partial charge in [-0.05, 0) is 31.4 Å². The van der Waals surface area contributed by atoms with Crippen molar-refractivity contribution in [2.75, 3.05) is 20.8 Å². The molecule has 1 atom stereocenters. The monoisotopic (exact) mass is 264 g/mol. The smallest absolute Gasteiger partial charge is 0.171 e. The van der Waals surface area contributed by atoms with Crippen LogP contribution in [0.25, 0.3) is 0 Å². The predicted molar refractivity (Wildman–Crippen MR) is 72.1 cm³/mol. The van der Waals surface area contributed by atoms with Crippen LogP contribution >= 0.6 is 0 Å². The molecular formula is C15H20O4. The Kier molecular flexibility index (Phi) is 4.80. The van der Waals surface area contributed by atoms with Crippen molar-refractivity contribution in [1.29, 1.82) is 0 Å². The van der Waals surface area contributed by atoms with Gasteiger partial charge in [-0.15, -0.1) is 0 Å². The lowest BCUT2D eigenvalue weighted by Crippen LogP contribution is -2.10. The highest BCUT2D eigenvalue weighted by Gasteiger charge is 2.20. The van der Waals surface area contributed by atoms with E-state index in [1.807, 2.05) is 0 Å². The predicted octanol–water partition coefficient (Wildman–Crippen LogP) is 2.85. The lowest BCUT2D eigenvalue weighted by Gasteiger charge is -2.13. The van der Waals surface area contributed by atoms with Crippen LogP contribution in [-0.2, 0) is 4.74 Å². The van der Waals surface area contributed by atoms with E-state index >= 15 is 0 Å². The minimum Gasteiger partial charge on any atom is -0.493 e. The van der Waals surface area contributed by atoms with Gasteiger partial charge in [0.05, 0.1) is 25.9 Å². The first-order valence-electron chi connectivity index (χ1n) is 6.62. The molecule has 2 rings (SSSR count). The van der Waals surface area contributed by atoms with Gasteiger partial charge in [-0.2, -0.15) is 0 Å². The Hall–Kier alpha value is -1.55. The molecule has 0 radical (unpaired) electrons. The zero-order valence-corrected chi connectivity index (χ0v) is 11.5. The molecule has 1 heterocycles. The van der Waals surface area contributed by atoms with Crippen LogP contribution in [0.15, 0.2) is 18.2 Å². The molecule has 0 amide bonds. The maximum atomic E-state index is 12.3. The van der Waals surface area contributed by atoms with E-state index in [1.165, 1.54) is 0 Å². The van der Waals surface area contributed by atoms with Crippen molar-refractivity contribution in [2.45, 2.75) is 31.8 Å². The molecule has 1 unspecified atom stereocenters. The second-order valence-corrected chi connectivity index (χ2v) is 4.64. The van der Waals surface area contributed by atoms with Crippen LogP contribution in [-0.4, -0.2) is 32.7 Å². The molecular weight excluding hydrogens is 244 g/mol. The fourth-order valence-corrected chi connectivity index (χ4v) is 2.41. The second-order valence-electron chi connectivity index (χ2n) is 4.64. The Morgan fingerprint density at radius 2 is 2.21 bits per heavy atom. The van der Waals surface area contributed by atoms with Crippen LogP contribution in [0, 0.1) is 0 Å². The Labute approximate surface area is 113 Å². The molecule has 1 aliphatic heterocycles. The highest BCUT2D eigenvalue weighted by atomic mass is 16.5. The summed E-state index contributed by atoms with van der Waals surface area (Å²) in [5.41, 5.74) is 0.583. The zero-order chi connectivity index (χ0) is 13.7. The zero-order valence-electron chi connectivity index (χ0n) is 11.5. The number of ketones is 1. The number of methoxy groups -OCH3 is 2. The van der Waals surface area contributed by atoms with E-state index in [4.69, 9.17) is 14.2 Å². The van der Waals surface area contributed by atoms with Crippen molar-refractivity contribution in [1.82, 2.24) is 0 Å². The summed E-state index contributed by atoms with van der Waals surface area (Å²) >= 11 is 0. The molecule has 19 heavy (non-hydrogen) atoms. The number of benzene rings is 1. The van der Waals surface area contributed by atoms with Gasteiger partial charge in [-0.1, -0.05) is 6.07 Å². The summed E-state index contributed by atoms with van der Waals surface area (Å²) in [6.45, 7) is 0.821. The Morgan fingerprint density at radius 3 is 2.84 bits per heavy atom. The van der Waals surface area contributed by atoms with Crippen LogP contribution in [0.5, 0.6) is 11.5 Å². The van der Waals surface area contributed by atoms with Crippen molar-refractivity contribution >= 4 is 5.78 Å². The summed E-state index contributed by atoms with van der Waals surface area (Å²) in [5.74, 6) is 1.18. The molecule has 1 fully saturated rings. The number of Topliss-reactive ketones (excluding diaryl/α,β-unsaturated/α-hetero) is 1. The summed E-state index contributed by atoms with van der Waals surface area (Å²) < 4.78 is 16.0. The third kappa shape index (κ3) is 3.26. The van der Waals surface area contributed by atoms with Crippen molar-refractivity contribution in [3.63, 3.8) is 0 Å². The molecule has 0 spiro atoms. The minimum atomic E-state index is 0.0752. The molecule has 1 aromatic rings. The van der Waals surface area contributed by atoms with Crippen LogP contribution in [0.3, 0.4) is 0 Å². The van der Waals surface area contributed by atoms with Gasteiger partial charge in [-0.25, -0.2) is 0 Å². The Balaban J connectivity index is 2.05. The molecule has 1 saturated heterocycles. The molecule has 0 bridgehead atoms. The fourth-order valence-electron chi connectivity index (χ4n) is 2.41. The largest absolute Gasteiger partial charge is 0.493 e. The number of carbonyl (C=O) groups excluding carboxylic acids is 1. The van der Waals surface area contributed by atoms with Gasteiger partial charge in [-0.3, -0.25) is 4.79 Å². The second kappa shape index (κ2) is 6.57. The van der Waals surface area contributed by atoms with Crippen molar-refractivity contribution < 1.29 is 19.0 Å². The van der Waals surface area contributed by atoms with Crippen LogP contribution in [0.2, 0.25) is 0 Å². The molecule has 104 valence electrons. The quantitative estimate of drug-likeness (QED) is 0.741. The van der Waals surface area contributed by atoms with E-state index < -0.39 is 0 Å². The van der Waals surface area contributed by atoms with Gasteiger partial charge in [0.15, 0.2) is 17.3 Å². The molecule has 0 saturated carbocycles. The van der Waals surface area contributed by atoms with Gasteiger partial charge in [0, 0.05) is 13.0 Å². The van der Waals surface area contributed by atoms with E-state index in [9.17, 15) is 4.79 Å². The average Bonchev–Trinajstić information content (AvgIpc) is 2.97. The van der Waals surface area contributed by atoms with E-state index in [2.05, 4.69) is 0 Å². The normalized spacial score (nSPS) is 18.3. The van der Waals surface area contributed by atoms with Gasteiger partial charge in [0.25, 0.3) is 0 Å². The number of carbonyl (C=O) groups is 1. The van der Waals surface area contributed by atoms with Gasteiger partial charge >= 0.3 is 0 Å². The standard InChI is InChI=1S/C15H20O4/c1-17-14-7-3-6-12(15(14)18-2)13(16)9-8-11-5-4-10-19-11/h3,6-7,11H,4-5,8-10H2,1-2H3. The van der Waals surface area contributed by atoms with Crippen LogP contribution < -0.4 is 9.47 Å². The molecule has 1 aliphatic rings. The summed E-state index contributed by atoms with van der Waals surface area (Å²) in [7, 11) is 3.12. The molecule has 0 N–H and O–H groups in total. The number of para-hydroxylation sites is 1. The first-order valence-corrected chi connectivity index (χ1v) is 6.62. The first kappa shape index (κ1) is 13.9. The minimum absolute atomic E-state index is 0.0752. The van der Waals surface area contributed by atoms with Gasteiger partial charge in [0.2, 0.25) is 0 Å². The lowest BCUT2D eigenvalue weighted by atomic mass is 10.0. The summed E-state index contributed by atoms with van der Waals surface area (Å²) in [5, 5.41) is 0. The van der Waals surface area contributed by atoms with Gasteiger partial charge < -0.3 is 14.2 Å². The molecule has 0 aliphatic carbocycles. The lowest BCUT2D eigenvalue weighted by molar-refractivity contribution is 0.0857. The van der Waals surface area contributed by atoms with E-state index in [-0.39, 0.29) is 11.9 Å². The Bertz CT molecular complexity index is 436. The topological polar surface area (TPSA) is 44.8 Å². The summed E-state index contributed by atoms with van der Waals surface area (Å²) in [6.07, 6.45) is 3.65. The number of hydrogen-bond donors (Lipinski definition) is 0. The Morgan fingerprint density at radius 1 is 1.37 bits per heavy atom. The van der Waals surface area contributed by atoms with Crippen LogP contribution in [0.1, 0.15) is 36.0 Å². The number of rotatable bonds is 6. The maximum absolute atomic E-state index is 12.3. The average molecular weight is 264 g/mol. The third-order valence-electron chi connectivity index (χ3n) is 3.42. The molecule has 4 nitrogen and oxygen atoms in total. The molecule has 4 heteroatoms. The SMILES string of the molecule is COc1cccc(C(=O)CCC2CCCO2)c1OC. The van der Waals surface area contributed by atoms with Crippen molar-refractivity contribution in [3.05, 3.63) is 23.8 Å². The summed E-state index contributed by atoms with van der Waals surface area (Å²) in [4.78, 5) is 12.3. The third-order valence-corrected chi connectivity index (χ3v) is 3.42. The number of hydrogen-bond acceptors (Lipinski definition) is 4. The van der Waals surface area contributed by atoms with Gasteiger partial charge in [0.1, 0.15) is 0 Å². The fraction of sp³-hybridized carbons (Fsp3) is 0.533. The maximum Gasteiger partial charge on any atom is 0.171 e. The molecule has 0 aromatic heterocycles. The molecule has 1 aromatic carbocycles. The van der Waals surface area contributed by atoms with E-state index in [0.717, 1.165) is 25.9 Å². The van der Waals surface area contributed by atoms with Crippen molar-refractivity contribution in [2.24, 2.45) is 0 Å². The summed E-state index contributed by atoms with van der Waals surface area (Å²) in [6, 6.07) is 5.37. The highest BCUT2D eigenvalue weighted by Crippen LogP contribution is 2.32.